The number of pyridine rings is 1. The molecule has 0 aliphatic heterocycles. The Balaban J connectivity index is 2.13. The van der Waals surface area contributed by atoms with E-state index in [1.165, 1.54) is 0 Å². The molecular formula is C17H19ClN4O. The number of nitrogens with zero attached hydrogens (tertiary/aromatic N) is 3. The summed E-state index contributed by atoms with van der Waals surface area (Å²) >= 11 is 5.99. The highest BCUT2D eigenvalue weighted by Gasteiger charge is 2.15. The molecule has 2 heterocycles. The van der Waals surface area contributed by atoms with Gasteiger partial charge in [0.25, 0.3) is 0 Å². The molecular weight excluding hydrogens is 312 g/mol. The van der Waals surface area contributed by atoms with Gasteiger partial charge in [0.15, 0.2) is 0 Å². The first-order valence-corrected chi connectivity index (χ1v) is 7.78. The predicted octanol–water partition coefficient (Wildman–Crippen LogP) is 2.66. The molecule has 120 valence electrons. The number of benzene rings is 1. The average molecular weight is 331 g/mol. The van der Waals surface area contributed by atoms with Gasteiger partial charge in [-0.3, -0.25) is 4.90 Å². The van der Waals surface area contributed by atoms with Crippen molar-refractivity contribution in [2.24, 2.45) is 0 Å². The molecule has 1 aromatic carbocycles. The largest absolute Gasteiger partial charge is 0.398 e. The Bertz CT molecular complexity index is 813. The minimum Gasteiger partial charge on any atom is -0.398 e. The van der Waals surface area contributed by atoms with E-state index in [0.717, 1.165) is 22.6 Å². The number of nitrogens with two attached hydrogens (primary N) is 1. The molecule has 0 saturated carbocycles. The van der Waals surface area contributed by atoms with Crippen LogP contribution in [0.4, 0.5) is 5.69 Å². The van der Waals surface area contributed by atoms with Gasteiger partial charge in [-0.1, -0.05) is 23.7 Å². The standard InChI is InChI=1S/C17H19ClN4O/c1-21(8-9-23)11-15-17(12-2-4-13(18)5-3-12)20-16-7-6-14(19)10-22(15)16/h2-7,10,23H,8-9,11,19H2,1H3. The van der Waals surface area contributed by atoms with Crippen LogP contribution in [0.1, 0.15) is 5.69 Å². The number of likely N-dealkylation sites (N-methyl/N-ethyl adjacent to an activating group) is 1. The van der Waals surface area contributed by atoms with E-state index in [0.29, 0.717) is 23.8 Å². The van der Waals surface area contributed by atoms with Crippen molar-refractivity contribution in [3.05, 3.63) is 53.3 Å². The Morgan fingerprint density at radius 2 is 1.96 bits per heavy atom. The molecule has 0 spiro atoms. The topological polar surface area (TPSA) is 66.8 Å². The molecule has 0 fully saturated rings. The van der Waals surface area contributed by atoms with Gasteiger partial charge in [-0.25, -0.2) is 4.98 Å². The summed E-state index contributed by atoms with van der Waals surface area (Å²) in [7, 11) is 1.97. The lowest BCUT2D eigenvalue weighted by atomic mass is 10.1. The first kappa shape index (κ1) is 15.8. The number of nitrogen functional groups attached to an aromatic ring is 1. The van der Waals surface area contributed by atoms with Gasteiger partial charge in [0.1, 0.15) is 5.65 Å². The van der Waals surface area contributed by atoms with Gasteiger partial charge in [-0.15, -0.1) is 0 Å². The number of aliphatic hydroxyl groups is 1. The van der Waals surface area contributed by atoms with Crippen LogP contribution in [0.25, 0.3) is 16.9 Å². The molecule has 0 radical (unpaired) electrons. The van der Waals surface area contributed by atoms with Crippen molar-refractivity contribution in [1.29, 1.82) is 0 Å². The summed E-state index contributed by atoms with van der Waals surface area (Å²) < 4.78 is 2.01. The zero-order valence-electron chi connectivity index (χ0n) is 12.9. The summed E-state index contributed by atoms with van der Waals surface area (Å²) in [6.45, 7) is 1.37. The molecule has 0 bridgehead atoms. The number of rotatable bonds is 5. The van der Waals surface area contributed by atoms with Crippen LogP contribution in [-0.4, -0.2) is 39.6 Å². The fourth-order valence-electron chi connectivity index (χ4n) is 2.61. The number of aliphatic hydroxyl groups excluding tert-OH is 1. The van der Waals surface area contributed by atoms with E-state index in [9.17, 15) is 0 Å². The smallest absolute Gasteiger partial charge is 0.137 e. The molecule has 6 heteroatoms. The van der Waals surface area contributed by atoms with Crippen LogP contribution in [0.5, 0.6) is 0 Å². The van der Waals surface area contributed by atoms with Gasteiger partial charge in [-0.2, -0.15) is 0 Å². The normalized spacial score (nSPS) is 11.5. The SMILES string of the molecule is CN(CCO)Cc1c(-c2ccc(Cl)cc2)nc2ccc(N)cn12. The average Bonchev–Trinajstić information content (AvgIpc) is 2.86. The van der Waals surface area contributed by atoms with Crippen molar-refractivity contribution in [3.8, 4) is 11.3 Å². The molecule has 0 aliphatic carbocycles. The van der Waals surface area contributed by atoms with Gasteiger partial charge in [0.05, 0.1) is 18.0 Å². The second-order valence-corrected chi connectivity index (χ2v) is 6.00. The third kappa shape index (κ3) is 3.32. The number of aromatic nitrogens is 2. The highest BCUT2D eigenvalue weighted by Crippen LogP contribution is 2.27. The third-order valence-electron chi connectivity index (χ3n) is 3.76. The number of halogens is 1. The zero-order valence-corrected chi connectivity index (χ0v) is 13.7. The fraction of sp³-hybridized carbons (Fsp3) is 0.235. The van der Waals surface area contributed by atoms with Crippen molar-refractivity contribution in [3.63, 3.8) is 0 Å². The Morgan fingerprint density at radius 3 is 2.65 bits per heavy atom. The summed E-state index contributed by atoms with van der Waals surface area (Å²) in [4.78, 5) is 6.79. The van der Waals surface area contributed by atoms with Crippen molar-refractivity contribution in [2.45, 2.75) is 6.54 Å². The molecule has 3 N–H and O–H groups in total. The minimum absolute atomic E-state index is 0.117. The predicted molar refractivity (Wildman–Crippen MR) is 93.5 cm³/mol. The van der Waals surface area contributed by atoms with Crippen LogP contribution >= 0.6 is 11.6 Å². The maximum absolute atomic E-state index is 9.14. The van der Waals surface area contributed by atoms with Gasteiger partial charge in [0.2, 0.25) is 0 Å². The van der Waals surface area contributed by atoms with Crippen LogP contribution in [0, 0.1) is 0 Å². The van der Waals surface area contributed by atoms with Gasteiger partial charge < -0.3 is 15.2 Å². The molecule has 0 unspecified atom stereocenters. The van der Waals surface area contributed by atoms with Crippen molar-refractivity contribution >= 4 is 22.9 Å². The Kier molecular flexibility index (Phi) is 4.52. The Hall–Kier alpha value is -2.08. The van der Waals surface area contributed by atoms with Crippen molar-refractivity contribution in [2.75, 3.05) is 25.9 Å². The van der Waals surface area contributed by atoms with E-state index in [4.69, 9.17) is 27.4 Å². The molecule has 0 amide bonds. The van der Waals surface area contributed by atoms with Gasteiger partial charge in [-0.05, 0) is 31.3 Å². The maximum atomic E-state index is 9.14. The highest BCUT2D eigenvalue weighted by atomic mass is 35.5. The van der Waals surface area contributed by atoms with Gasteiger partial charge in [0, 0.05) is 35.6 Å². The number of anilines is 1. The third-order valence-corrected chi connectivity index (χ3v) is 4.01. The summed E-state index contributed by atoms with van der Waals surface area (Å²) in [6, 6.07) is 11.4. The first-order chi connectivity index (χ1) is 11.1. The molecule has 0 saturated heterocycles. The van der Waals surface area contributed by atoms with Crippen LogP contribution < -0.4 is 5.73 Å². The molecule has 2 aromatic heterocycles. The monoisotopic (exact) mass is 330 g/mol. The van der Waals surface area contributed by atoms with Crippen LogP contribution in [-0.2, 0) is 6.54 Å². The summed E-state index contributed by atoms with van der Waals surface area (Å²) in [6.07, 6.45) is 1.88. The highest BCUT2D eigenvalue weighted by molar-refractivity contribution is 6.30. The maximum Gasteiger partial charge on any atom is 0.137 e. The summed E-state index contributed by atoms with van der Waals surface area (Å²) in [5.74, 6) is 0. The lowest BCUT2D eigenvalue weighted by Crippen LogP contribution is -2.22. The number of hydrogen-bond acceptors (Lipinski definition) is 4. The molecule has 0 atom stereocenters. The molecule has 0 aliphatic rings. The quantitative estimate of drug-likeness (QED) is 0.754. The lowest BCUT2D eigenvalue weighted by molar-refractivity contribution is 0.216. The van der Waals surface area contributed by atoms with Crippen molar-refractivity contribution in [1.82, 2.24) is 14.3 Å². The summed E-state index contributed by atoms with van der Waals surface area (Å²) in [5.41, 5.74) is 10.4. The zero-order chi connectivity index (χ0) is 16.4. The molecule has 3 aromatic rings. The van der Waals surface area contributed by atoms with Crippen LogP contribution in [0.3, 0.4) is 0 Å². The molecule has 3 rings (SSSR count). The second-order valence-electron chi connectivity index (χ2n) is 5.57. The fourth-order valence-corrected chi connectivity index (χ4v) is 2.73. The van der Waals surface area contributed by atoms with Crippen LogP contribution in [0.2, 0.25) is 5.02 Å². The van der Waals surface area contributed by atoms with E-state index in [2.05, 4.69) is 0 Å². The van der Waals surface area contributed by atoms with E-state index < -0.39 is 0 Å². The first-order valence-electron chi connectivity index (χ1n) is 7.40. The number of fused-ring (bicyclic) bond motifs is 1. The van der Waals surface area contributed by atoms with Crippen molar-refractivity contribution < 1.29 is 5.11 Å². The summed E-state index contributed by atoms with van der Waals surface area (Å²) in [5, 5.41) is 9.84. The van der Waals surface area contributed by atoms with Crippen LogP contribution in [0.15, 0.2) is 42.6 Å². The molecule has 5 nitrogen and oxygen atoms in total. The van der Waals surface area contributed by atoms with E-state index in [-0.39, 0.29) is 6.61 Å². The second kappa shape index (κ2) is 6.58. The van der Waals surface area contributed by atoms with E-state index >= 15 is 0 Å². The lowest BCUT2D eigenvalue weighted by Gasteiger charge is -2.16. The Morgan fingerprint density at radius 1 is 1.22 bits per heavy atom. The molecule has 23 heavy (non-hydrogen) atoms. The van der Waals surface area contributed by atoms with E-state index in [1.807, 2.05) is 58.9 Å². The number of imidazole rings is 1. The number of hydrogen-bond donors (Lipinski definition) is 2. The van der Waals surface area contributed by atoms with E-state index in [1.54, 1.807) is 0 Å². The minimum atomic E-state index is 0.117. The van der Waals surface area contributed by atoms with Gasteiger partial charge >= 0.3 is 0 Å². The Labute approximate surface area is 139 Å².